The summed E-state index contributed by atoms with van der Waals surface area (Å²) in [6.07, 6.45) is 1.61. The van der Waals surface area contributed by atoms with Crippen LogP contribution in [0, 0.1) is 5.41 Å². The predicted octanol–water partition coefficient (Wildman–Crippen LogP) is 3.96. The molecule has 0 saturated carbocycles. The summed E-state index contributed by atoms with van der Waals surface area (Å²) in [6, 6.07) is 17.9. The minimum atomic E-state index is -0.757. The minimum Gasteiger partial charge on any atom is -0.497 e. The Morgan fingerprint density at radius 2 is 1.55 bits per heavy atom. The van der Waals surface area contributed by atoms with E-state index >= 15 is 0 Å². The van der Waals surface area contributed by atoms with E-state index < -0.39 is 5.97 Å². The van der Waals surface area contributed by atoms with Crippen LogP contribution in [-0.2, 0) is 17.6 Å². The molecule has 0 spiro atoms. The number of carbonyl (C=O) groups is 1. The first-order chi connectivity index (χ1) is 10.5. The SMILES string of the molecule is COc1ccc(CC(C)(CC(=O)O)Cc2ccccc2)cc1. The average Bonchev–Trinajstić information content (AvgIpc) is 2.47. The molecule has 0 heterocycles. The third-order valence-corrected chi connectivity index (χ3v) is 3.84. The second-order valence-electron chi connectivity index (χ2n) is 6.07. The van der Waals surface area contributed by atoms with Gasteiger partial charge >= 0.3 is 5.97 Å². The molecule has 22 heavy (non-hydrogen) atoms. The van der Waals surface area contributed by atoms with Crippen LogP contribution in [0.5, 0.6) is 5.75 Å². The molecule has 1 N–H and O–H groups in total. The molecule has 3 nitrogen and oxygen atoms in total. The predicted molar refractivity (Wildman–Crippen MR) is 87.2 cm³/mol. The van der Waals surface area contributed by atoms with Gasteiger partial charge in [-0.3, -0.25) is 4.79 Å². The number of rotatable bonds is 7. The van der Waals surface area contributed by atoms with Crippen molar-refractivity contribution in [3.63, 3.8) is 0 Å². The molecule has 0 bridgehead atoms. The Morgan fingerprint density at radius 1 is 1.00 bits per heavy atom. The molecule has 0 aliphatic rings. The Hall–Kier alpha value is -2.29. The largest absolute Gasteiger partial charge is 0.497 e. The zero-order valence-electron chi connectivity index (χ0n) is 13.1. The number of hydrogen-bond acceptors (Lipinski definition) is 2. The third-order valence-electron chi connectivity index (χ3n) is 3.84. The van der Waals surface area contributed by atoms with Crippen LogP contribution >= 0.6 is 0 Å². The van der Waals surface area contributed by atoms with E-state index in [-0.39, 0.29) is 11.8 Å². The molecule has 0 fully saturated rings. The Bertz CT molecular complexity index is 604. The van der Waals surface area contributed by atoms with Crippen molar-refractivity contribution in [1.82, 2.24) is 0 Å². The number of carboxylic acid groups (broad SMARTS) is 1. The lowest BCUT2D eigenvalue weighted by Gasteiger charge is -2.28. The van der Waals surface area contributed by atoms with E-state index in [0.29, 0.717) is 0 Å². The van der Waals surface area contributed by atoms with Crippen molar-refractivity contribution in [2.75, 3.05) is 7.11 Å². The lowest BCUT2D eigenvalue weighted by Crippen LogP contribution is -2.26. The molecule has 0 radical (unpaired) electrons. The molecule has 0 aromatic heterocycles. The molecule has 3 heteroatoms. The van der Waals surface area contributed by atoms with Crippen LogP contribution in [0.25, 0.3) is 0 Å². The maximum atomic E-state index is 11.3. The van der Waals surface area contributed by atoms with E-state index in [1.165, 1.54) is 5.56 Å². The number of hydrogen-bond donors (Lipinski definition) is 1. The molecule has 0 amide bonds. The molecular weight excluding hydrogens is 276 g/mol. The summed E-state index contributed by atoms with van der Waals surface area (Å²) in [4.78, 5) is 11.3. The van der Waals surface area contributed by atoms with Gasteiger partial charge in [0.15, 0.2) is 0 Å². The number of ether oxygens (including phenoxy) is 1. The van der Waals surface area contributed by atoms with Crippen LogP contribution < -0.4 is 4.74 Å². The molecule has 116 valence electrons. The van der Waals surface area contributed by atoms with Crippen molar-refractivity contribution >= 4 is 5.97 Å². The van der Waals surface area contributed by atoms with E-state index in [1.807, 2.05) is 61.5 Å². The highest BCUT2D eigenvalue weighted by molar-refractivity contribution is 5.67. The number of benzene rings is 2. The van der Waals surface area contributed by atoms with Crippen molar-refractivity contribution in [3.8, 4) is 5.75 Å². The number of aliphatic carboxylic acids is 1. The van der Waals surface area contributed by atoms with E-state index in [2.05, 4.69) is 0 Å². The van der Waals surface area contributed by atoms with Crippen molar-refractivity contribution in [2.45, 2.75) is 26.2 Å². The Morgan fingerprint density at radius 3 is 2.05 bits per heavy atom. The lowest BCUT2D eigenvalue weighted by atomic mass is 9.76. The van der Waals surface area contributed by atoms with Gasteiger partial charge in [-0.1, -0.05) is 49.4 Å². The second-order valence-corrected chi connectivity index (χ2v) is 6.07. The van der Waals surface area contributed by atoms with Gasteiger partial charge in [0.2, 0.25) is 0 Å². The Kier molecular flexibility index (Phi) is 5.21. The standard InChI is InChI=1S/C19H22O3/c1-19(14-18(20)21,12-15-6-4-3-5-7-15)13-16-8-10-17(22-2)11-9-16/h3-11H,12-14H2,1-2H3,(H,20,21). The van der Waals surface area contributed by atoms with E-state index in [0.717, 1.165) is 24.2 Å². The molecule has 0 aliphatic carbocycles. The third kappa shape index (κ3) is 4.62. The van der Waals surface area contributed by atoms with Crippen LogP contribution in [0.2, 0.25) is 0 Å². The highest BCUT2D eigenvalue weighted by Gasteiger charge is 2.28. The van der Waals surface area contributed by atoms with Crippen LogP contribution in [0.3, 0.4) is 0 Å². The summed E-state index contributed by atoms with van der Waals surface area (Å²) < 4.78 is 5.17. The molecule has 0 saturated heterocycles. The van der Waals surface area contributed by atoms with E-state index in [9.17, 15) is 9.90 Å². The Labute approximate surface area is 131 Å². The van der Waals surface area contributed by atoms with Gasteiger partial charge in [-0.15, -0.1) is 0 Å². The number of carboxylic acids is 1. The van der Waals surface area contributed by atoms with Crippen molar-refractivity contribution < 1.29 is 14.6 Å². The molecule has 2 aromatic carbocycles. The summed E-state index contributed by atoms with van der Waals surface area (Å²) in [6.45, 7) is 2.04. The van der Waals surface area contributed by atoms with Crippen LogP contribution in [-0.4, -0.2) is 18.2 Å². The van der Waals surface area contributed by atoms with E-state index in [1.54, 1.807) is 7.11 Å². The molecular formula is C19H22O3. The van der Waals surface area contributed by atoms with Gasteiger partial charge < -0.3 is 9.84 Å². The normalized spacial score (nSPS) is 13.4. The fraction of sp³-hybridized carbons (Fsp3) is 0.316. The summed E-state index contributed by atoms with van der Waals surface area (Å²) in [5, 5.41) is 9.27. The molecule has 1 unspecified atom stereocenters. The highest BCUT2D eigenvalue weighted by atomic mass is 16.5. The zero-order valence-corrected chi connectivity index (χ0v) is 13.1. The van der Waals surface area contributed by atoms with Crippen LogP contribution in [0.15, 0.2) is 54.6 Å². The van der Waals surface area contributed by atoms with Gasteiger partial charge in [0.1, 0.15) is 5.75 Å². The maximum Gasteiger partial charge on any atom is 0.303 e. The zero-order chi connectivity index (χ0) is 16.0. The maximum absolute atomic E-state index is 11.3. The van der Waals surface area contributed by atoms with Gasteiger partial charge in [0, 0.05) is 0 Å². The first-order valence-corrected chi connectivity index (χ1v) is 7.39. The van der Waals surface area contributed by atoms with Crippen LogP contribution in [0.1, 0.15) is 24.5 Å². The first-order valence-electron chi connectivity index (χ1n) is 7.39. The van der Waals surface area contributed by atoms with Gasteiger partial charge in [0.05, 0.1) is 13.5 Å². The molecule has 1 atom stereocenters. The van der Waals surface area contributed by atoms with Gasteiger partial charge in [-0.25, -0.2) is 0 Å². The fourth-order valence-electron chi connectivity index (χ4n) is 2.88. The quantitative estimate of drug-likeness (QED) is 0.841. The van der Waals surface area contributed by atoms with Crippen molar-refractivity contribution in [1.29, 1.82) is 0 Å². The average molecular weight is 298 g/mol. The molecule has 0 aliphatic heterocycles. The van der Waals surface area contributed by atoms with E-state index in [4.69, 9.17) is 4.74 Å². The highest BCUT2D eigenvalue weighted by Crippen LogP contribution is 2.31. The van der Waals surface area contributed by atoms with Crippen LogP contribution in [0.4, 0.5) is 0 Å². The summed E-state index contributed by atoms with van der Waals surface area (Å²) in [7, 11) is 1.64. The molecule has 2 aromatic rings. The van der Waals surface area contributed by atoms with Gasteiger partial charge in [-0.2, -0.15) is 0 Å². The summed E-state index contributed by atoms with van der Waals surface area (Å²) in [5.41, 5.74) is 1.97. The topological polar surface area (TPSA) is 46.5 Å². The lowest BCUT2D eigenvalue weighted by molar-refractivity contribution is -0.139. The first kappa shape index (κ1) is 16.1. The summed E-state index contributed by atoms with van der Waals surface area (Å²) >= 11 is 0. The van der Waals surface area contributed by atoms with Gasteiger partial charge in [-0.05, 0) is 41.5 Å². The fourth-order valence-corrected chi connectivity index (χ4v) is 2.88. The Balaban J connectivity index is 2.18. The minimum absolute atomic E-state index is 0.147. The monoisotopic (exact) mass is 298 g/mol. The second kappa shape index (κ2) is 7.12. The smallest absolute Gasteiger partial charge is 0.303 e. The van der Waals surface area contributed by atoms with Crippen molar-refractivity contribution in [3.05, 3.63) is 65.7 Å². The van der Waals surface area contributed by atoms with Crippen molar-refractivity contribution in [2.24, 2.45) is 5.41 Å². The molecule has 2 rings (SSSR count). The van der Waals surface area contributed by atoms with Gasteiger partial charge in [0.25, 0.3) is 0 Å². The summed E-state index contributed by atoms with van der Waals surface area (Å²) in [5.74, 6) is 0.0543. The number of methoxy groups -OCH3 is 1.